The average Bonchev–Trinajstić information content (AvgIpc) is 3.18. The lowest BCUT2D eigenvalue weighted by molar-refractivity contribution is 0.0797. The number of nitrogen functional groups attached to an aromatic ring is 1. The van der Waals surface area contributed by atoms with Crippen LogP contribution in [0, 0.1) is 11.3 Å². The quantitative estimate of drug-likeness (QED) is 0.733. The Morgan fingerprint density at radius 2 is 2.33 bits per heavy atom. The second kappa shape index (κ2) is 6.33. The Kier molecular flexibility index (Phi) is 4.22. The maximum atomic E-state index is 12.4. The predicted octanol–water partition coefficient (Wildman–Crippen LogP) is 2.32. The average molecular weight is 389 g/mol. The van der Waals surface area contributed by atoms with Crippen LogP contribution in [0.5, 0.6) is 0 Å². The molecule has 0 aliphatic carbocycles. The summed E-state index contributed by atoms with van der Waals surface area (Å²) in [5.41, 5.74) is 7.15. The largest absolute Gasteiger partial charge is 0.446 e. The SMILES string of the molecule is CN(CCC#N)C(=O)c1cc(N)c2nc(-c3ccc(Br)o3)nn2c1. The zero-order chi connectivity index (χ0) is 17.3. The molecule has 0 bridgehead atoms. The number of furan rings is 1. The van der Waals surface area contributed by atoms with E-state index >= 15 is 0 Å². The van der Waals surface area contributed by atoms with Crippen LogP contribution >= 0.6 is 15.9 Å². The van der Waals surface area contributed by atoms with Crippen LogP contribution in [-0.4, -0.2) is 39.0 Å². The number of pyridine rings is 1. The topological polar surface area (TPSA) is 113 Å². The lowest BCUT2D eigenvalue weighted by Crippen LogP contribution is -2.28. The van der Waals surface area contributed by atoms with Gasteiger partial charge in [0.2, 0.25) is 5.82 Å². The van der Waals surface area contributed by atoms with Gasteiger partial charge in [-0.25, -0.2) is 9.50 Å². The van der Waals surface area contributed by atoms with Crippen molar-refractivity contribution in [1.29, 1.82) is 5.26 Å². The fraction of sp³-hybridized carbons (Fsp3) is 0.200. The smallest absolute Gasteiger partial charge is 0.255 e. The third-order valence-corrected chi connectivity index (χ3v) is 3.83. The molecule has 3 aromatic rings. The van der Waals surface area contributed by atoms with Crippen molar-refractivity contribution in [2.45, 2.75) is 6.42 Å². The number of nitrogens with zero attached hydrogens (tertiary/aromatic N) is 5. The highest BCUT2D eigenvalue weighted by Gasteiger charge is 2.17. The van der Waals surface area contributed by atoms with Crippen LogP contribution in [0.4, 0.5) is 5.69 Å². The number of halogens is 1. The van der Waals surface area contributed by atoms with Gasteiger partial charge < -0.3 is 15.1 Å². The van der Waals surface area contributed by atoms with E-state index in [0.717, 1.165) is 0 Å². The monoisotopic (exact) mass is 388 g/mol. The molecule has 1 amide bonds. The van der Waals surface area contributed by atoms with Crippen molar-refractivity contribution in [3.8, 4) is 17.7 Å². The number of nitrogens with two attached hydrogens (primary N) is 1. The van der Waals surface area contributed by atoms with Crippen LogP contribution in [0.3, 0.4) is 0 Å². The molecule has 3 rings (SSSR count). The van der Waals surface area contributed by atoms with E-state index in [9.17, 15) is 4.79 Å². The highest BCUT2D eigenvalue weighted by molar-refractivity contribution is 9.10. The molecule has 0 atom stereocenters. The van der Waals surface area contributed by atoms with Gasteiger partial charge in [-0.05, 0) is 34.1 Å². The standard InChI is InChI=1S/C15H13BrN6O2/c1-21(6-2-5-17)15(23)9-7-10(18)14-19-13(20-22(14)8-9)11-3-4-12(16)24-11/h3-4,7-8H,2,6,18H2,1H3. The Hall–Kier alpha value is -2.86. The minimum absolute atomic E-state index is 0.239. The molecule has 0 radical (unpaired) electrons. The van der Waals surface area contributed by atoms with Crippen LogP contribution in [0.25, 0.3) is 17.2 Å². The van der Waals surface area contributed by atoms with E-state index in [-0.39, 0.29) is 12.3 Å². The summed E-state index contributed by atoms with van der Waals surface area (Å²) >= 11 is 3.23. The normalized spacial score (nSPS) is 10.7. The molecule has 0 fully saturated rings. The molecular formula is C15H13BrN6O2. The van der Waals surface area contributed by atoms with E-state index in [4.69, 9.17) is 15.4 Å². The van der Waals surface area contributed by atoms with Gasteiger partial charge in [0.05, 0.1) is 23.7 Å². The molecule has 3 aromatic heterocycles. The molecule has 0 saturated heterocycles. The Morgan fingerprint density at radius 1 is 1.54 bits per heavy atom. The maximum absolute atomic E-state index is 12.4. The second-order valence-electron chi connectivity index (χ2n) is 5.13. The molecule has 3 heterocycles. The Balaban J connectivity index is 1.98. The number of hydrogen-bond donors (Lipinski definition) is 1. The number of amides is 1. The number of hydrogen-bond acceptors (Lipinski definition) is 6. The first-order valence-corrected chi connectivity index (χ1v) is 7.83. The summed E-state index contributed by atoms with van der Waals surface area (Å²) in [6.07, 6.45) is 1.83. The van der Waals surface area contributed by atoms with E-state index in [1.165, 1.54) is 9.42 Å². The van der Waals surface area contributed by atoms with Gasteiger partial charge in [0.15, 0.2) is 16.1 Å². The maximum Gasteiger partial charge on any atom is 0.255 e. The second-order valence-corrected chi connectivity index (χ2v) is 5.91. The molecule has 8 nitrogen and oxygen atoms in total. The van der Waals surface area contributed by atoms with Crippen molar-refractivity contribution < 1.29 is 9.21 Å². The van der Waals surface area contributed by atoms with Gasteiger partial charge >= 0.3 is 0 Å². The molecule has 0 unspecified atom stereocenters. The van der Waals surface area contributed by atoms with Crippen LogP contribution in [0.1, 0.15) is 16.8 Å². The zero-order valence-corrected chi connectivity index (χ0v) is 14.3. The van der Waals surface area contributed by atoms with E-state index in [0.29, 0.717) is 39.7 Å². The molecule has 9 heteroatoms. The molecule has 0 aliphatic rings. The molecular weight excluding hydrogens is 376 g/mol. The van der Waals surface area contributed by atoms with Crippen molar-refractivity contribution in [3.63, 3.8) is 0 Å². The van der Waals surface area contributed by atoms with E-state index in [1.807, 2.05) is 6.07 Å². The summed E-state index contributed by atoms with van der Waals surface area (Å²) in [6, 6.07) is 7.03. The fourth-order valence-electron chi connectivity index (χ4n) is 2.21. The molecule has 0 aliphatic heterocycles. The van der Waals surface area contributed by atoms with Crippen molar-refractivity contribution in [1.82, 2.24) is 19.5 Å². The first-order valence-electron chi connectivity index (χ1n) is 7.03. The Bertz CT molecular complexity index is 955. The number of aromatic nitrogens is 3. The number of nitriles is 1. The molecule has 122 valence electrons. The summed E-state index contributed by atoms with van der Waals surface area (Å²) in [5.74, 6) is 0.621. The summed E-state index contributed by atoms with van der Waals surface area (Å²) in [7, 11) is 1.63. The molecule has 24 heavy (non-hydrogen) atoms. The predicted molar refractivity (Wildman–Crippen MR) is 90.0 cm³/mol. The third kappa shape index (κ3) is 2.96. The number of carbonyl (C=O) groups excluding carboxylic acids is 1. The van der Waals surface area contributed by atoms with E-state index in [1.54, 1.807) is 31.4 Å². The lowest BCUT2D eigenvalue weighted by atomic mass is 10.2. The number of carbonyl (C=O) groups is 1. The van der Waals surface area contributed by atoms with Crippen LogP contribution in [0.15, 0.2) is 33.5 Å². The number of anilines is 1. The lowest BCUT2D eigenvalue weighted by Gasteiger charge is -2.15. The number of rotatable bonds is 4. The van der Waals surface area contributed by atoms with Crippen molar-refractivity contribution in [3.05, 3.63) is 34.6 Å². The van der Waals surface area contributed by atoms with Crippen molar-refractivity contribution >= 4 is 33.2 Å². The zero-order valence-electron chi connectivity index (χ0n) is 12.7. The summed E-state index contributed by atoms with van der Waals surface area (Å²) in [4.78, 5) is 18.2. The molecule has 0 saturated carbocycles. The Labute approximate surface area is 145 Å². The van der Waals surface area contributed by atoms with Crippen LogP contribution in [0.2, 0.25) is 0 Å². The first-order chi connectivity index (χ1) is 11.5. The number of fused-ring (bicyclic) bond motifs is 1. The molecule has 2 N–H and O–H groups in total. The minimum atomic E-state index is -0.239. The fourth-order valence-corrected chi connectivity index (χ4v) is 2.51. The molecule has 0 aromatic carbocycles. The summed E-state index contributed by atoms with van der Waals surface area (Å²) < 4.78 is 7.45. The van der Waals surface area contributed by atoms with Gasteiger partial charge in [-0.1, -0.05) is 0 Å². The molecule has 0 spiro atoms. The van der Waals surface area contributed by atoms with Crippen molar-refractivity contribution in [2.75, 3.05) is 19.3 Å². The third-order valence-electron chi connectivity index (χ3n) is 3.41. The van der Waals surface area contributed by atoms with Gasteiger partial charge in [-0.2, -0.15) is 5.26 Å². The van der Waals surface area contributed by atoms with Gasteiger partial charge in [-0.3, -0.25) is 4.79 Å². The van der Waals surface area contributed by atoms with E-state index in [2.05, 4.69) is 26.0 Å². The van der Waals surface area contributed by atoms with Crippen LogP contribution in [-0.2, 0) is 0 Å². The Morgan fingerprint density at radius 3 is 3.00 bits per heavy atom. The minimum Gasteiger partial charge on any atom is -0.446 e. The van der Waals surface area contributed by atoms with Gasteiger partial charge in [0, 0.05) is 19.8 Å². The van der Waals surface area contributed by atoms with Gasteiger partial charge in [0.1, 0.15) is 0 Å². The van der Waals surface area contributed by atoms with Crippen molar-refractivity contribution in [2.24, 2.45) is 0 Å². The van der Waals surface area contributed by atoms with Gasteiger partial charge in [-0.15, -0.1) is 5.10 Å². The van der Waals surface area contributed by atoms with Gasteiger partial charge in [0.25, 0.3) is 5.91 Å². The first kappa shape index (κ1) is 16.0. The van der Waals surface area contributed by atoms with E-state index < -0.39 is 0 Å². The highest BCUT2D eigenvalue weighted by Crippen LogP contribution is 2.24. The summed E-state index contributed by atoms with van der Waals surface area (Å²) in [6.45, 7) is 0.344. The van der Waals surface area contributed by atoms with Crippen LogP contribution < -0.4 is 5.73 Å². The summed E-state index contributed by atoms with van der Waals surface area (Å²) in [5, 5.41) is 12.9. The highest BCUT2D eigenvalue weighted by atomic mass is 79.9.